The summed E-state index contributed by atoms with van der Waals surface area (Å²) < 4.78 is 23.1. The molecule has 2 N–H and O–H groups in total. The largest absolute Gasteiger partial charge is 0.348 e. The number of aromatic nitrogens is 2. The molecule has 1 aromatic heterocycles. The van der Waals surface area contributed by atoms with Crippen LogP contribution in [0.4, 0.5) is 0 Å². The lowest BCUT2D eigenvalue weighted by atomic mass is 10.0. The van der Waals surface area contributed by atoms with Crippen molar-refractivity contribution in [3.63, 3.8) is 0 Å². The fraction of sp³-hybridized carbons (Fsp3) is 0.714. The smallest absolute Gasteiger partial charge is 0.271 e. The van der Waals surface area contributed by atoms with Crippen LogP contribution in [0.25, 0.3) is 0 Å². The van der Waals surface area contributed by atoms with E-state index in [1.165, 1.54) is 0 Å². The molecular weight excluding hydrogens is 304 g/mol. The molecule has 2 fully saturated rings. The molecule has 0 aromatic carbocycles. The van der Waals surface area contributed by atoms with Crippen LogP contribution < -0.4 is 5.32 Å². The van der Waals surface area contributed by atoms with Crippen molar-refractivity contribution < 1.29 is 13.2 Å². The van der Waals surface area contributed by atoms with Gasteiger partial charge in [0.15, 0.2) is 9.84 Å². The topological polar surface area (TPSA) is 95.2 Å². The van der Waals surface area contributed by atoms with Crippen molar-refractivity contribution in [2.24, 2.45) is 0 Å². The maximum absolute atomic E-state index is 12.1. The number of hydrogen-bond acceptors (Lipinski definition) is 5. The maximum Gasteiger partial charge on any atom is 0.271 e. The van der Waals surface area contributed by atoms with Gasteiger partial charge in [-0.25, -0.2) is 8.42 Å². The summed E-state index contributed by atoms with van der Waals surface area (Å²) in [6.07, 6.45) is 2.45. The SMILES string of the molecule is Cc1cc(C(=O)NC2CCN([C@H]3CCS(=O)(=O)C3)CC2)n[nH]1. The molecule has 0 bridgehead atoms. The summed E-state index contributed by atoms with van der Waals surface area (Å²) in [5.74, 6) is 0.454. The Balaban J connectivity index is 1.49. The Kier molecular flexibility index (Phi) is 4.22. The lowest BCUT2D eigenvalue weighted by Crippen LogP contribution is -2.48. The third-order valence-corrected chi connectivity index (χ3v) is 6.28. The van der Waals surface area contributed by atoms with E-state index in [-0.39, 0.29) is 23.7 Å². The minimum Gasteiger partial charge on any atom is -0.348 e. The van der Waals surface area contributed by atoms with Gasteiger partial charge in [-0.1, -0.05) is 0 Å². The van der Waals surface area contributed by atoms with Crippen molar-refractivity contribution in [1.29, 1.82) is 0 Å². The minimum atomic E-state index is -2.83. The normalized spacial score (nSPS) is 26.1. The first-order valence-corrected chi connectivity index (χ1v) is 9.52. The molecule has 122 valence electrons. The third kappa shape index (κ3) is 3.49. The first-order chi connectivity index (χ1) is 10.4. The molecule has 0 aliphatic carbocycles. The molecule has 8 heteroatoms. The summed E-state index contributed by atoms with van der Waals surface area (Å²) >= 11 is 0. The fourth-order valence-corrected chi connectivity index (χ4v) is 5.03. The quantitative estimate of drug-likeness (QED) is 0.821. The van der Waals surface area contributed by atoms with E-state index in [1.807, 2.05) is 6.92 Å². The van der Waals surface area contributed by atoms with Gasteiger partial charge in [0, 0.05) is 30.9 Å². The van der Waals surface area contributed by atoms with E-state index in [4.69, 9.17) is 0 Å². The molecular formula is C14H22N4O3S. The third-order valence-electron chi connectivity index (χ3n) is 4.53. The number of carbonyl (C=O) groups excluding carboxylic acids is 1. The molecule has 3 rings (SSSR count). The molecule has 22 heavy (non-hydrogen) atoms. The predicted molar refractivity (Wildman–Crippen MR) is 82.4 cm³/mol. The van der Waals surface area contributed by atoms with Crippen LogP contribution in [0.2, 0.25) is 0 Å². The van der Waals surface area contributed by atoms with E-state index in [0.717, 1.165) is 38.0 Å². The number of nitrogens with one attached hydrogen (secondary N) is 2. The Hall–Kier alpha value is -1.41. The van der Waals surface area contributed by atoms with Crippen molar-refractivity contribution in [2.45, 2.75) is 38.3 Å². The summed E-state index contributed by atoms with van der Waals surface area (Å²) in [6, 6.07) is 2.03. The number of rotatable bonds is 3. The molecule has 2 aliphatic heterocycles. The van der Waals surface area contributed by atoms with Crippen LogP contribution in [-0.4, -0.2) is 66.1 Å². The van der Waals surface area contributed by atoms with Gasteiger partial charge >= 0.3 is 0 Å². The van der Waals surface area contributed by atoms with Crippen LogP contribution in [0.15, 0.2) is 6.07 Å². The average molecular weight is 326 g/mol. The fourth-order valence-electron chi connectivity index (χ4n) is 3.27. The number of amides is 1. The van der Waals surface area contributed by atoms with Crippen LogP contribution in [-0.2, 0) is 9.84 Å². The molecule has 0 unspecified atom stereocenters. The van der Waals surface area contributed by atoms with Crippen molar-refractivity contribution in [1.82, 2.24) is 20.4 Å². The van der Waals surface area contributed by atoms with E-state index in [1.54, 1.807) is 6.07 Å². The van der Waals surface area contributed by atoms with Crippen molar-refractivity contribution >= 4 is 15.7 Å². The second-order valence-corrected chi connectivity index (χ2v) is 8.51. The zero-order valence-corrected chi connectivity index (χ0v) is 13.5. The number of sulfone groups is 1. The minimum absolute atomic E-state index is 0.138. The van der Waals surface area contributed by atoms with Gasteiger partial charge in [-0.2, -0.15) is 5.10 Å². The van der Waals surface area contributed by atoms with Gasteiger partial charge in [0.2, 0.25) is 0 Å². The van der Waals surface area contributed by atoms with Crippen LogP contribution in [0, 0.1) is 6.92 Å². The van der Waals surface area contributed by atoms with Gasteiger partial charge in [-0.3, -0.25) is 14.8 Å². The number of nitrogens with zero attached hydrogens (tertiary/aromatic N) is 2. The van der Waals surface area contributed by atoms with Crippen LogP contribution in [0.3, 0.4) is 0 Å². The Labute approximate surface area is 130 Å². The van der Waals surface area contributed by atoms with Crippen LogP contribution >= 0.6 is 0 Å². The van der Waals surface area contributed by atoms with Gasteiger partial charge in [0.1, 0.15) is 5.69 Å². The summed E-state index contributed by atoms with van der Waals surface area (Å²) in [5, 5.41) is 9.73. The Bertz CT molecular complexity index is 647. The van der Waals surface area contributed by atoms with Crippen molar-refractivity contribution in [3.8, 4) is 0 Å². The standard InChI is InChI=1S/C14H22N4O3S/c1-10-8-13(17-16-10)14(19)15-11-2-5-18(6-3-11)12-4-7-22(20,21)9-12/h8,11-12H,2-7,9H2,1H3,(H,15,19)(H,16,17)/t12-/m0/s1. The highest BCUT2D eigenvalue weighted by molar-refractivity contribution is 7.91. The van der Waals surface area contributed by atoms with Crippen LogP contribution in [0.5, 0.6) is 0 Å². The molecule has 7 nitrogen and oxygen atoms in total. The Morgan fingerprint density at radius 1 is 1.36 bits per heavy atom. The molecule has 1 amide bonds. The van der Waals surface area contributed by atoms with E-state index in [9.17, 15) is 13.2 Å². The molecule has 1 atom stereocenters. The average Bonchev–Trinajstić information content (AvgIpc) is 3.05. The maximum atomic E-state index is 12.1. The van der Waals surface area contributed by atoms with E-state index >= 15 is 0 Å². The van der Waals surface area contributed by atoms with Gasteiger partial charge in [-0.15, -0.1) is 0 Å². The summed E-state index contributed by atoms with van der Waals surface area (Å²) in [6.45, 7) is 3.54. The molecule has 2 saturated heterocycles. The highest BCUT2D eigenvalue weighted by Gasteiger charge is 2.34. The number of piperidine rings is 1. The second kappa shape index (κ2) is 6.00. The second-order valence-electron chi connectivity index (χ2n) is 6.28. The molecule has 0 saturated carbocycles. The van der Waals surface area contributed by atoms with Gasteiger partial charge in [-0.05, 0) is 32.3 Å². The molecule has 1 aromatic rings. The van der Waals surface area contributed by atoms with E-state index in [2.05, 4.69) is 20.4 Å². The molecule has 3 heterocycles. The first kappa shape index (κ1) is 15.5. The molecule has 0 radical (unpaired) electrons. The lowest BCUT2D eigenvalue weighted by molar-refractivity contribution is 0.0893. The van der Waals surface area contributed by atoms with Gasteiger partial charge in [0.05, 0.1) is 11.5 Å². The first-order valence-electron chi connectivity index (χ1n) is 7.70. The Morgan fingerprint density at radius 3 is 2.64 bits per heavy atom. The van der Waals surface area contributed by atoms with E-state index < -0.39 is 9.84 Å². The summed E-state index contributed by atoms with van der Waals surface area (Å²) in [5.41, 5.74) is 1.28. The van der Waals surface area contributed by atoms with Crippen molar-refractivity contribution in [2.75, 3.05) is 24.6 Å². The summed E-state index contributed by atoms with van der Waals surface area (Å²) in [4.78, 5) is 14.3. The van der Waals surface area contributed by atoms with Crippen LogP contribution in [0.1, 0.15) is 35.4 Å². The van der Waals surface area contributed by atoms with Gasteiger partial charge in [0.25, 0.3) is 5.91 Å². The zero-order valence-electron chi connectivity index (χ0n) is 12.7. The van der Waals surface area contributed by atoms with Gasteiger partial charge < -0.3 is 5.32 Å². The summed E-state index contributed by atoms with van der Waals surface area (Å²) in [7, 11) is -2.83. The number of H-pyrrole nitrogens is 1. The number of hydrogen-bond donors (Lipinski definition) is 2. The molecule has 0 spiro atoms. The number of likely N-dealkylation sites (tertiary alicyclic amines) is 1. The van der Waals surface area contributed by atoms with E-state index in [0.29, 0.717) is 11.4 Å². The molecule has 2 aliphatic rings. The highest BCUT2D eigenvalue weighted by Crippen LogP contribution is 2.22. The zero-order chi connectivity index (χ0) is 15.7. The monoisotopic (exact) mass is 326 g/mol. The Morgan fingerprint density at radius 2 is 2.09 bits per heavy atom. The van der Waals surface area contributed by atoms with Crippen molar-refractivity contribution in [3.05, 3.63) is 17.5 Å². The predicted octanol–water partition coefficient (Wildman–Crippen LogP) is 0.0994. The number of carbonyl (C=O) groups is 1. The number of aromatic amines is 1. The lowest BCUT2D eigenvalue weighted by Gasteiger charge is -2.35. The number of aryl methyl sites for hydroxylation is 1. The highest BCUT2D eigenvalue weighted by atomic mass is 32.2.